The molecule has 5 rings (SSSR count). The zero-order chi connectivity index (χ0) is 33.1. The maximum absolute atomic E-state index is 14.3. The van der Waals surface area contributed by atoms with Crippen LogP contribution in [0.3, 0.4) is 0 Å². The summed E-state index contributed by atoms with van der Waals surface area (Å²) in [5.41, 5.74) is 2.04. The van der Waals surface area contributed by atoms with Gasteiger partial charge >= 0.3 is 6.09 Å². The van der Waals surface area contributed by atoms with Crippen LogP contribution in [0.15, 0.2) is 30.3 Å². The number of morpholine rings is 1. The number of benzene rings is 1. The zero-order valence-electron chi connectivity index (χ0n) is 27.2. The smallest absolute Gasteiger partial charge is 0.407 e. The van der Waals surface area contributed by atoms with Crippen molar-refractivity contribution < 1.29 is 33.4 Å². The fourth-order valence-corrected chi connectivity index (χ4v) is 6.73. The van der Waals surface area contributed by atoms with E-state index in [-0.39, 0.29) is 79.1 Å². The van der Waals surface area contributed by atoms with Gasteiger partial charge in [-0.1, -0.05) is 12.1 Å². The third-order valence-corrected chi connectivity index (χ3v) is 9.15. The molecule has 2 N–H and O–H groups in total. The molecule has 2 saturated heterocycles. The number of fused-ring (bicyclic) bond motifs is 1. The molecular weight excluding hydrogens is 595 g/mol. The Kier molecular flexibility index (Phi) is 10.4. The van der Waals surface area contributed by atoms with Gasteiger partial charge in [-0.05, 0) is 70.4 Å². The molecule has 3 amide bonds. The summed E-state index contributed by atoms with van der Waals surface area (Å²) in [4.78, 5) is 51.6. The molecule has 1 aromatic carbocycles. The van der Waals surface area contributed by atoms with E-state index in [1.54, 1.807) is 23.1 Å². The molecule has 3 aliphatic rings. The zero-order valence-corrected chi connectivity index (χ0v) is 27.2. The summed E-state index contributed by atoms with van der Waals surface area (Å²) in [5, 5.41) is 12.7. The molecule has 0 bridgehead atoms. The molecule has 3 aliphatic heterocycles. The lowest BCUT2D eigenvalue weighted by atomic mass is 10.0. The quantitative estimate of drug-likeness (QED) is 0.448. The maximum Gasteiger partial charge on any atom is 0.407 e. The fraction of sp³-hybridized carbons (Fsp3) is 0.576. The summed E-state index contributed by atoms with van der Waals surface area (Å²) in [6, 6.07) is 7.35. The molecular formula is C33H45FN6O6. The molecule has 250 valence electrons. The minimum Gasteiger partial charge on any atom is -0.474 e. The first-order chi connectivity index (χ1) is 22.0. The van der Waals surface area contributed by atoms with Gasteiger partial charge in [-0.25, -0.2) is 14.2 Å². The number of ether oxygens (including phenoxy) is 2. The summed E-state index contributed by atoms with van der Waals surface area (Å²) in [5.74, 6) is -0.680. The average molecular weight is 641 g/mol. The number of nitrogens with one attached hydrogen (secondary N) is 1. The van der Waals surface area contributed by atoms with E-state index in [1.165, 1.54) is 17.0 Å². The molecule has 12 nitrogen and oxygen atoms in total. The number of piperazine rings is 1. The van der Waals surface area contributed by atoms with Gasteiger partial charge in [0.2, 0.25) is 11.8 Å². The largest absolute Gasteiger partial charge is 0.474 e. The van der Waals surface area contributed by atoms with Crippen LogP contribution >= 0.6 is 0 Å². The number of halogens is 1. The van der Waals surface area contributed by atoms with Gasteiger partial charge in [0.05, 0.1) is 25.8 Å². The Morgan fingerprint density at radius 2 is 1.70 bits per heavy atom. The van der Waals surface area contributed by atoms with Crippen molar-refractivity contribution in [1.29, 1.82) is 0 Å². The lowest BCUT2D eigenvalue weighted by Crippen LogP contribution is -2.65. The molecule has 2 aromatic rings. The van der Waals surface area contributed by atoms with Crippen molar-refractivity contribution in [3.8, 4) is 5.88 Å². The van der Waals surface area contributed by atoms with Crippen LogP contribution in [0.5, 0.6) is 5.88 Å². The highest BCUT2D eigenvalue weighted by molar-refractivity contribution is 5.99. The average Bonchev–Trinajstić information content (AvgIpc) is 3.00. The van der Waals surface area contributed by atoms with Crippen LogP contribution in [-0.2, 0) is 16.0 Å². The first kappa shape index (κ1) is 33.6. The molecule has 2 fully saturated rings. The number of hydrogen-bond acceptors (Lipinski definition) is 8. The minimum absolute atomic E-state index is 0.0741. The second kappa shape index (κ2) is 14.3. The Hall–Kier alpha value is -3.81. The van der Waals surface area contributed by atoms with Crippen molar-refractivity contribution in [2.45, 2.75) is 71.2 Å². The van der Waals surface area contributed by atoms with Crippen LogP contribution in [0.25, 0.3) is 0 Å². The number of rotatable bonds is 8. The number of carbonyl (C=O) groups excluding carboxylic acids is 2. The highest BCUT2D eigenvalue weighted by atomic mass is 19.1. The Balaban J connectivity index is 1.45. The number of carbonyl (C=O) groups is 3. The SMILES string of the molecule is CCNC(=O)c1nc2c(cc1Cc1ccc(F)cc1)N(C(=O)CN1C[C@@H](C)N(C(=O)O)C[C@@H]1CN1[C@H](C)COC[C@H]1C)[C@@H](C)CO2. The first-order valence-corrected chi connectivity index (χ1v) is 16.0. The van der Waals surface area contributed by atoms with Crippen LogP contribution < -0.4 is 15.0 Å². The number of amides is 3. The molecule has 13 heteroatoms. The van der Waals surface area contributed by atoms with Gasteiger partial charge in [0.25, 0.3) is 5.91 Å². The molecule has 0 spiro atoms. The van der Waals surface area contributed by atoms with Gasteiger partial charge in [-0.2, -0.15) is 0 Å². The summed E-state index contributed by atoms with van der Waals surface area (Å²) in [6.07, 6.45) is -0.666. The predicted molar refractivity (Wildman–Crippen MR) is 170 cm³/mol. The van der Waals surface area contributed by atoms with E-state index in [4.69, 9.17) is 9.47 Å². The Morgan fingerprint density at radius 1 is 1.00 bits per heavy atom. The second-order valence-electron chi connectivity index (χ2n) is 12.7. The number of hydrogen-bond donors (Lipinski definition) is 2. The summed E-state index contributed by atoms with van der Waals surface area (Å²) < 4.78 is 25.3. The lowest BCUT2D eigenvalue weighted by molar-refractivity contribution is -0.122. The van der Waals surface area contributed by atoms with Crippen LogP contribution in [-0.4, -0.2) is 125 Å². The molecule has 4 heterocycles. The van der Waals surface area contributed by atoms with Gasteiger partial charge < -0.3 is 29.7 Å². The van der Waals surface area contributed by atoms with Crippen molar-refractivity contribution in [3.63, 3.8) is 0 Å². The van der Waals surface area contributed by atoms with E-state index >= 15 is 0 Å². The second-order valence-corrected chi connectivity index (χ2v) is 12.7. The van der Waals surface area contributed by atoms with Crippen LogP contribution in [0.2, 0.25) is 0 Å². The number of pyridine rings is 1. The van der Waals surface area contributed by atoms with Crippen LogP contribution in [0.1, 0.15) is 56.2 Å². The topological polar surface area (TPSA) is 128 Å². The molecule has 0 radical (unpaired) electrons. The number of aromatic nitrogens is 1. The van der Waals surface area contributed by atoms with E-state index in [1.807, 2.05) is 20.8 Å². The van der Waals surface area contributed by atoms with Gasteiger partial charge in [-0.15, -0.1) is 0 Å². The van der Waals surface area contributed by atoms with Gasteiger partial charge in [0.1, 0.15) is 23.8 Å². The van der Waals surface area contributed by atoms with Crippen molar-refractivity contribution in [1.82, 2.24) is 25.0 Å². The third-order valence-electron chi connectivity index (χ3n) is 9.15. The third kappa shape index (κ3) is 7.26. The highest BCUT2D eigenvalue weighted by Crippen LogP contribution is 2.35. The molecule has 0 saturated carbocycles. The van der Waals surface area contributed by atoms with Crippen molar-refractivity contribution in [3.05, 3.63) is 53.0 Å². The maximum atomic E-state index is 14.3. The van der Waals surface area contributed by atoms with Crippen molar-refractivity contribution in [2.24, 2.45) is 0 Å². The summed E-state index contributed by atoms with van der Waals surface area (Å²) in [6.45, 7) is 13.0. The van der Waals surface area contributed by atoms with E-state index in [0.717, 1.165) is 5.56 Å². The van der Waals surface area contributed by atoms with E-state index in [0.29, 0.717) is 50.5 Å². The monoisotopic (exact) mass is 640 g/mol. The van der Waals surface area contributed by atoms with Crippen molar-refractivity contribution >= 4 is 23.6 Å². The van der Waals surface area contributed by atoms with Gasteiger partial charge in [-0.3, -0.25) is 19.4 Å². The number of anilines is 1. The standard InChI is InChI=1S/C33H45FN6O6/c1-6-35-31(42)30-25(11-24-7-9-26(34)10-8-24)12-28-32(36-30)46-19-23(5)40(28)29(41)16-37-13-20(2)39(33(43)44)15-27(37)14-38-21(3)17-45-18-22(38)4/h7-10,12,20-23,27H,6,11,13-19H2,1-5H3,(H,35,42)(H,43,44)/t20-,21-,22-,23+,27+/m1/s1. The predicted octanol–water partition coefficient (Wildman–Crippen LogP) is 2.84. The molecule has 46 heavy (non-hydrogen) atoms. The number of carboxylic acid groups (broad SMARTS) is 1. The van der Waals surface area contributed by atoms with E-state index in [2.05, 4.69) is 33.9 Å². The van der Waals surface area contributed by atoms with E-state index in [9.17, 15) is 23.9 Å². The van der Waals surface area contributed by atoms with Crippen molar-refractivity contribution in [2.75, 3.05) is 57.4 Å². The Morgan fingerprint density at radius 3 is 2.35 bits per heavy atom. The summed E-state index contributed by atoms with van der Waals surface area (Å²) in [7, 11) is 0. The highest BCUT2D eigenvalue weighted by Gasteiger charge is 2.40. The first-order valence-electron chi connectivity index (χ1n) is 16.0. The molecule has 5 atom stereocenters. The molecule has 0 unspecified atom stereocenters. The van der Waals surface area contributed by atoms with Gasteiger partial charge in [0, 0.05) is 50.3 Å². The Bertz CT molecular complexity index is 1420. The molecule has 0 aliphatic carbocycles. The fourth-order valence-electron chi connectivity index (χ4n) is 6.73. The molecule has 1 aromatic heterocycles. The Labute approximate surface area is 269 Å². The number of nitrogens with zero attached hydrogens (tertiary/aromatic N) is 5. The lowest BCUT2D eigenvalue weighted by Gasteiger charge is -2.48. The normalized spacial score (nSPS) is 25.5. The van der Waals surface area contributed by atoms with Crippen LogP contribution in [0.4, 0.5) is 14.9 Å². The van der Waals surface area contributed by atoms with E-state index < -0.39 is 6.09 Å². The minimum atomic E-state index is -0.968. The van der Waals surface area contributed by atoms with Crippen LogP contribution in [0, 0.1) is 5.82 Å². The summed E-state index contributed by atoms with van der Waals surface area (Å²) >= 11 is 0. The van der Waals surface area contributed by atoms with Gasteiger partial charge in [0.15, 0.2) is 0 Å².